The van der Waals surface area contributed by atoms with Crippen LogP contribution in [0.15, 0.2) is 24.3 Å². The molecule has 0 atom stereocenters. The predicted octanol–water partition coefficient (Wildman–Crippen LogP) is 3.93. The van der Waals surface area contributed by atoms with Crippen LogP contribution in [0.3, 0.4) is 0 Å². The Labute approximate surface area is 203 Å². The second kappa shape index (κ2) is 9.22. The summed E-state index contributed by atoms with van der Waals surface area (Å²) >= 11 is 0. The number of hydrogen-bond acceptors (Lipinski definition) is 7. The second-order valence-corrected chi connectivity index (χ2v) is 9.34. The molecule has 35 heavy (non-hydrogen) atoms. The molecule has 3 aromatic heterocycles. The Kier molecular flexibility index (Phi) is 6.10. The van der Waals surface area contributed by atoms with E-state index in [0.29, 0.717) is 42.8 Å². The number of fused-ring (bicyclic) bond motifs is 3. The molecule has 0 saturated carbocycles. The summed E-state index contributed by atoms with van der Waals surface area (Å²) in [5, 5.41) is 14.8. The fourth-order valence-electron chi connectivity index (χ4n) is 4.65. The molecule has 1 N–H and O–H groups in total. The third-order valence-corrected chi connectivity index (χ3v) is 6.70. The predicted molar refractivity (Wildman–Crippen MR) is 134 cm³/mol. The van der Waals surface area contributed by atoms with Crippen LogP contribution in [0, 0.1) is 13.8 Å². The van der Waals surface area contributed by atoms with Gasteiger partial charge in [0, 0.05) is 36.5 Å². The van der Waals surface area contributed by atoms with E-state index in [2.05, 4.69) is 43.0 Å². The lowest BCUT2D eigenvalue weighted by atomic mass is 10.00. The van der Waals surface area contributed by atoms with E-state index >= 15 is 0 Å². The number of hydrogen-bond donors (Lipinski definition) is 1. The number of carboxylic acids is 1. The minimum Gasteiger partial charge on any atom is -0.481 e. The number of carboxylic acid groups (broad SMARTS) is 1. The number of aryl methyl sites for hydroxylation is 2. The van der Waals surface area contributed by atoms with Crippen molar-refractivity contribution in [3.05, 3.63) is 46.8 Å². The average molecular weight is 475 g/mol. The molecule has 0 aliphatic carbocycles. The Balaban J connectivity index is 1.74. The van der Waals surface area contributed by atoms with Crippen LogP contribution in [0.1, 0.15) is 48.7 Å². The molecule has 9 nitrogen and oxygen atoms in total. The van der Waals surface area contributed by atoms with Gasteiger partial charge in [-0.25, -0.2) is 14.5 Å². The molecule has 0 amide bonds. The van der Waals surface area contributed by atoms with E-state index in [9.17, 15) is 9.90 Å². The maximum Gasteiger partial charge on any atom is 0.303 e. The third-order valence-electron chi connectivity index (χ3n) is 6.70. The van der Waals surface area contributed by atoms with Crippen LogP contribution in [0.5, 0.6) is 0 Å². The molecule has 1 aromatic carbocycles. The van der Waals surface area contributed by atoms with Gasteiger partial charge in [-0.3, -0.25) is 4.79 Å². The number of aliphatic carboxylic acids is 1. The standard InChI is InChI=1S/C26H30N6O3/c1-15(2)18-5-7-19(8-6-18)23-22-24(29-26(28-23)31-11-13-35-14-12-31)30-32-17(4)20(9-10-21(33)34)16(3)27-25(22)32/h5-8,15H,9-14H2,1-4H3,(H,33,34). The lowest BCUT2D eigenvalue weighted by Gasteiger charge is -2.27. The van der Waals surface area contributed by atoms with E-state index in [1.54, 1.807) is 4.52 Å². The van der Waals surface area contributed by atoms with Crippen molar-refractivity contribution in [2.24, 2.45) is 0 Å². The van der Waals surface area contributed by atoms with Crippen LogP contribution in [0.2, 0.25) is 0 Å². The summed E-state index contributed by atoms with van der Waals surface area (Å²) in [6, 6.07) is 8.49. The van der Waals surface area contributed by atoms with Gasteiger partial charge in [-0.2, -0.15) is 4.98 Å². The summed E-state index contributed by atoms with van der Waals surface area (Å²) in [6.07, 6.45) is 0.449. The Hall–Kier alpha value is -3.59. The molecule has 0 unspecified atom stereocenters. The topological polar surface area (TPSA) is 106 Å². The summed E-state index contributed by atoms with van der Waals surface area (Å²) in [7, 11) is 0. The van der Waals surface area contributed by atoms with E-state index < -0.39 is 5.97 Å². The molecule has 0 bridgehead atoms. The molecule has 1 aliphatic rings. The van der Waals surface area contributed by atoms with Gasteiger partial charge in [0.15, 0.2) is 11.3 Å². The second-order valence-electron chi connectivity index (χ2n) is 9.34. The molecule has 1 saturated heterocycles. The van der Waals surface area contributed by atoms with Gasteiger partial charge in [0.2, 0.25) is 5.95 Å². The normalized spacial score (nSPS) is 14.4. The summed E-state index contributed by atoms with van der Waals surface area (Å²) < 4.78 is 7.31. The van der Waals surface area contributed by atoms with Gasteiger partial charge in [-0.15, -0.1) is 5.10 Å². The lowest BCUT2D eigenvalue weighted by molar-refractivity contribution is -0.136. The number of benzene rings is 1. The monoisotopic (exact) mass is 474 g/mol. The Morgan fingerprint density at radius 1 is 1.09 bits per heavy atom. The van der Waals surface area contributed by atoms with Crippen LogP contribution in [-0.4, -0.2) is 61.9 Å². The molecule has 4 heterocycles. The molecule has 0 radical (unpaired) electrons. The van der Waals surface area contributed by atoms with Gasteiger partial charge in [0.25, 0.3) is 0 Å². The highest BCUT2D eigenvalue weighted by Gasteiger charge is 2.23. The minimum absolute atomic E-state index is 0.0457. The summed E-state index contributed by atoms with van der Waals surface area (Å²) in [6.45, 7) is 11.0. The highest BCUT2D eigenvalue weighted by molar-refractivity contribution is 6.01. The van der Waals surface area contributed by atoms with Crippen LogP contribution in [0.4, 0.5) is 5.95 Å². The number of anilines is 1. The smallest absolute Gasteiger partial charge is 0.303 e. The first-order chi connectivity index (χ1) is 16.8. The maximum atomic E-state index is 11.2. The van der Waals surface area contributed by atoms with E-state index in [1.807, 2.05) is 13.8 Å². The van der Waals surface area contributed by atoms with Gasteiger partial charge in [0.1, 0.15) is 0 Å². The van der Waals surface area contributed by atoms with Crippen molar-refractivity contribution in [2.75, 3.05) is 31.2 Å². The van der Waals surface area contributed by atoms with Crippen molar-refractivity contribution in [3.63, 3.8) is 0 Å². The molecular formula is C26H30N6O3. The number of morpholine rings is 1. The third kappa shape index (κ3) is 4.32. The summed E-state index contributed by atoms with van der Waals surface area (Å²) in [5.41, 5.74) is 6.89. The molecule has 1 fully saturated rings. The zero-order valence-electron chi connectivity index (χ0n) is 20.6. The van der Waals surface area contributed by atoms with Crippen molar-refractivity contribution in [2.45, 2.75) is 46.5 Å². The fraction of sp³-hybridized carbons (Fsp3) is 0.423. The average Bonchev–Trinajstić information content (AvgIpc) is 3.22. The van der Waals surface area contributed by atoms with Crippen molar-refractivity contribution >= 4 is 28.6 Å². The first-order valence-corrected chi connectivity index (χ1v) is 12.0. The fourth-order valence-corrected chi connectivity index (χ4v) is 4.65. The zero-order valence-corrected chi connectivity index (χ0v) is 20.6. The molecule has 182 valence electrons. The number of carbonyl (C=O) groups is 1. The molecule has 4 aromatic rings. The quantitative estimate of drug-likeness (QED) is 0.448. The Morgan fingerprint density at radius 3 is 2.46 bits per heavy atom. The zero-order chi connectivity index (χ0) is 24.7. The summed E-state index contributed by atoms with van der Waals surface area (Å²) in [5.74, 6) is 0.238. The van der Waals surface area contributed by atoms with Gasteiger partial charge in [-0.1, -0.05) is 38.1 Å². The Bertz CT molecular complexity index is 1400. The van der Waals surface area contributed by atoms with Gasteiger partial charge in [-0.05, 0) is 37.3 Å². The SMILES string of the molecule is Cc1nc2c3c(-c4ccc(C(C)C)cc4)nc(N4CCOCC4)nc3nn2c(C)c1CCC(=O)O. The van der Waals surface area contributed by atoms with Gasteiger partial charge in [0.05, 0.1) is 24.3 Å². The molecule has 0 spiro atoms. The van der Waals surface area contributed by atoms with Crippen molar-refractivity contribution in [1.82, 2.24) is 24.6 Å². The van der Waals surface area contributed by atoms with Crippen molar-refractivity contribution in [1.29, 1.82) is 0 Å². The molecule has 1 aliphatic heterocycles. The molecule has 5 rings (SSSR count). The largest absolute Gasteiger partial charge is 0.481 e. The van der Waals surface area contributed by atoms with E-state index in [-0.39, 0.29) is 6.42 Å². The first-order valence-electron chi connectivity index (χ1n) is 12.0. The lowest BCUT2D eigenvalue weighted by Crippen LogP contribution is -2.37. The highest BCUT2D eigenvalue weighted by Crippen LogP contribution is 2.33. The van der Waals surface area contributed by atoms with Gasteiger partial charge >= 0.3 is 5.97 Å². The van der Waals surface area contributed by atoms with E-state index in [0.717, 1.165) is 46.7 Å². The van der Waals surface area contributed by atoms with Crippen LogP contribution in [0.25, 0.3) is 27.9 Å². The minimum atomic E-state index is -0.831. The van der Waals surface area contributed by atoms with E-state index in [4.69, 9.17) is 24.8 Å². The van der Waals surface area contributed by atoms with Crippen molar-refractivity contribution in [3.8, 4) is 11.3 Å². The van der Waals surface area contributed by atoms with Gasteiger partial charge < -0.3 is 14.7 Å². The number of aromatic nitrogens is 5. The number of rotatable bonds is 6. The van der Waals surface area contributed by atoms with Crippen LogP contribution in [-0.2, 0) is 16.0 Å². The first kappa shape index (κ1) is 23.2. The summed E-state index contributed by atoms with van der Waals surface area (Å²) in [4.78, 5) is 28.0. The van der Waals surface area contributed by atoms with Crippen LogP contribution < -0.4 is 4.90 Å². The van der Waals surface area contributed by atoms with Crippen LogP contribution >= 0.6 is 0 Å². The number of nitrogens with zero attached hydrogens (tertiary/aromatic N) is 6. The number of ether oxygens (including phenoxy) is 1. The molecule has 9 heteroatoms. The highest BCUT2D eigenvalue weighted by atomic mass is 16.5. The Morgan fingerprint density at radius 2 is 1.80 bits per heavy atom. The maximum absolute atomic E-state index is 11.2. The molecular weight excluding hydrogens is 444 g/mol. The van der Waals surface area contributed by atoms with Crippen molar-refractivity contribution < 1.29 is 14.6 Å². The van der Waals surface area contributed by atoms with E-state index in [1.165, 1.54) is 5.56 Å².